The van der Waals surface area contributed by atoms with Crippen LogP contribution in [0.5, 0.6) is 0 Å². The van der Waals surface area contributed by atoms with Crippen LogP contribution in [-0.4, -0.2) is 55.2 Å². The second kappa shape index (κ2) is 5.97. The maximum atomic E-state index is 11.1. The van der Waals surface area contributed by atoms with Crippen molar-refractivity contribution in [1.82, 2.24) is 9.88 Å². The molecule has 0 saturated heterocycles. The highest BCUT2D eigenvalue weighted by Gasteiger charge is 2.15. The molecule has 0 atom stereocenters. The number of nitrogens with zero attached hydrogens (tertiary/aromatic N) is 3. The fraction of sp³-hybridized carbons (Fsp3) is 0.455. The molecule has 0 bridgehead atoms. The zero-order valence-corrected chi connectivity index (χ0v) is 11.7. The van der Waals surface area contributed by atoms with Crippen LogP contribution in [0.2, 0.25) is 0 Å². The fourth-order valence-electron chi connectivity index (χ4n) is 1.35. The smallest absolute Gasteiger partial charge is 0.339 e. The second-order valence-corrected chi connectivity index (χ2v) is 4.97. The minimum atomic E-state index is -0.967. The number of carboxylic acid groups (broad SMARTS) is 1. The summed E-state index contributed by atoms with van der Waals surface area (Å²) in [5.41, 5.74) is 0.209. The summed E-state index contributed by atoms with van der Waals surface area (Å²) in [5, 5.41) is 9.12. The Morgan fingerprint density at radius 3 is 2.59 bits per heavy atom. The van der Waals surface area contributed by atoms with Gasteiger partial charge in [0, 0.05) is 30.8 Å². The van der Waals surface area contributed by atoms with Gasteiger partial charge in [-0.2, -0.15) is 0 Å². The second-order valence-electron chi connectivity index (χ2n) is 4.05. The minimum Gasteiger partial charge on any atom is -0.478 e. The molecule has 1 aromatic heterocycles. The quantitative estimate of drug-likeness (QED) is 0.894. The van der Waals surface area contributed by atoms with Crippen molar-refractivity contribution in [3.63, 3.8) is 0 Å². The van der Waals surface area contributed by atoms with Gasteiger partial charge in [-0.15, -0.1) is 0 Å². The number of carboxylic acids is 1. The molecule has 0 aliphatic carbocycles. The minimum absolute atomic E-state index is 0.209. The van der Waals surface area contributed by atoms with Gasteiger partial charge in [0.15, 0.2) is 0 Å². The molecule has 5 nitrogen and oxygen atoms in total. The van der Waals surface area contributed by atoms with E-state index in [1.807, 2.05) is 30.9 Å². The molecule has 0 aliphatic rings. The molecule has 0 spiro atoms. The van der Waals surface area contributed by atoms with E-state index in [0.29, 0.717) is 10.3 Å². The summed E-state index contributed by atoms with van der Waals surface area (Å²) in [7, 11) is 5.79. The zero-order valence-electron chi connectivity index (χ0n) is 10.1. The Morgan fingerprint density at radius 1 is 1.41 bits per heavy atom. The Hall–Kier alpha value is -1.14. The summed E-state index contributed by atoms with van der Waals surface area (Å²) in [6.07, 6.45) is 1.61. The van der Waals surface area contributed by atoms with Crippen LogP contribution in [0.1, 0.15) is 10.4 Å². The first-order valence-electron chi connectivity index (χ1n) is 5.16. The van der Waals surface area contributed by atoms with Crippen LogP contribution in [0.25, 0.3) is 0 Å². The van der Waals surface area contributed by atoms with E-state index in [2.05, 4.69) is 20.9 Å². The van der Waals surface area contributed by atoms with E-state index < -0.39 is 5.97 Å². The SMILES string of the molecule is CN(C)CCN(C)c1ncc(Br)cc1C(=O)O. The first-order valence-corrected chi connectivity index (χ1v) is 5.96. The van der Waals surface area contributed by atoms with Gasteiger partial charge in [-0.25, -0.2) is 9.78 Å². The number of aromatic nitrogens is 1. The van der Waals surface area contributed by atoms with Crippen LogP contribution in [0.3, 0.4) is 0 Å². The number of anilines is 1. The highest BCUT2D eigenvalue weighted by Crippen LogP contribution is 2.20. The lowest BCUT2D eigenvalue weighted by molar-refractivity contribution is 0.0697. The predicted molar refractivity (Wildman–Crippen MR) is 70.7 cm³/mol. The van der Waals surface area contributed by atoms with Crippen molar-refractivity contribution in [3.05, 3.63) is 22.3 Å². The van der Waals surface area contributed by atoms with Crippen LogP contribution in [-0.2, 0) is 0 Å². The molecule has 0 radical (unpaired) electrons. The summed E-state index contributed by atoms with van der Waals surface area (Å²) >= 11 is 3.22. The predicted octanol–water partition coefficient (Wildman–Crippen LogP) is 1.54. The lowest BCUT2D eigenvalue weighted by Crippen LogP contribution is -2.30. The molecule has 0 aliphatic heterocycles. The average molecular weight is 302 g/mol. The van der Waals surface area contributed by atoms with Gasteiger partial charge in [-0.05, 0) is 36.1 Å². The van der Waals surface area contributed by atoms with Gasteiger partial charge >= 0.3 is 5.97 Å². The maximum absolute atomic E-state index is 11.1. The van der Waals surface area contributed by atoms with Crippen molar-refractivity contribution in [2.45, 2.75) is 0 Å². The van der Waals surface area contributed by atoms with E-state index >= 15 is 0 Å². The number of rotatable bonds is 5. The van der Waals surface area contributed by atoms with Crippen LogP contribution in [0.4, 0.5) is 5.82 Å². The molecule has 0 saturated carbocycles. The largest absolute Gasteiger partial charge is 0.478 e. The topological polar surface area (TPSA) is 56.7 Å². The molecule has 1 rings (SSSR count). The van der Waals surface area contributed by atoms with E-state index in [0.717, 1.165) is 13.1 Å². The molecular weight excluding hydrogens is 286 g/mol. The standard InChI is InChI=1S/C11H16BrN3O2/c1-14(2)4-5-15(3)10-9(11(16)17)6-8(12)7-13-10/h6-7H,4-5H2,1-3H3,(H,16,17). The molecule has 17 heavy (non-hydrogen) atoms. The van der Waals surface area contributed by atoms with Gasteiger partial charge in [0.25, 0.3) is 0 Å². The summed E-state index contributed by atoms with van der Waals surface area (Å²) in [6, 6.07) is 1.57. The van der Waals surface area contributed by atoms with E-state index in [1.54, 1.807) is 12.3 Å². The van der Waals surface area contributed by atoms with Crippen LogP contribution in [0.15, 0.2) is 16.7 Å². The number of aromatic carboxylic acids is 1. The number of hydrogen-bond donors (Lipinski definition) is 1. The third kappa shape index (κ3) is 3.98. The maximum Gasteiger partial charge on any atom is 0.339 e. The van der Waals surface area contributed by atoms with Gasteiger partial charge in [-0.1, -0.05) is 0 Å². The van der Waals surface area contributed by atoms with Crippen molar-refractivity contribution in [2.75, 3.05) is 39.1 Å². The summed E-state index contributed by atoms with van der Waals surface area (Å²) < 4.78 is 0.666. The van der Waals surface area contributed by atoms with E-state index in [-0.39, 0.29) is 5.56 Å². The fourth-order valence-corrected chi connectivity index (χ4v) is 1.68. The Kier molecular flexibility index (Phi) is 4.89. The van der Waals surface area contributed by atoms with Gasteiger partial charge in [0.2, 0.25) is 0 Å². The summed E-state index contributed by atoms with van der Waals surface area (Å²) in [4.78, 5) is 19.2. The van der Waals surface area contributed by atoms with Crippen molar-refractivity contribution in [1.29, 1.82) is 0 Å². The lowest BCUT2D eigenvalue weighted by Gasteiger charge is -2.21. The van der Waals surface area contributed by atoms with E-state index in [1.165, 1.54) is 0 Å². The third-order valence-electron chi connectivity index (χ3n) is 2.31. The summed E-state index contributed by atoms with van der Waals surface area (Å²) in [5.74, 6) is -0.479. The molecule has 0 fully saturated rings. The highest BCUT2D eigenvalue weighted by molar-refractivity contribution is 9.10. The summed E-state index contributed by atoms with van der Waals surface area (Å²) in [6.45, 7) is 1.56. The van der Waals surface area contributed by atoms with E-state index in [4.69, 9.17) is 5.11 Å². The number of pyridine rings is 1. The Morgan fingerprint density at radius 2 is 2.06 bits per heavy atom. The molecule has 1 heterocycles. The molecule has 6 heteroatoms. The molecule has 94 valence electrons. The van der Waals surface area contributed by atoms with Gasteiger partial charge < -0.3 is 14.9 Å². The first kappa shape index (κ1) is 13.9. The number of likely N-dealkylation sites (N-methyl/N-ethyl adjacent to an activating group) is 2. The van der Waals surface area contributed by atoms with Crippen LogP contribution < -0.4 is 4.90 Å². The Balaban J connectivity index is 2.92. The van der Waals surface area contributed by atoms with Crippen molar-refractivity contribution in [2.24, 2.45) is 0 Å². The van der Waals surface area contributed by atoms with Gasteiger partial charge in [0.05, 0.1) is 0 Å². The van der Waals surface area contributed by atoms with Crippen molar-refractivity contribution < 1.29 is 9.90 Å². The molecule has 1 aromatic rings. The number of halogens is 1. The number of carbonyl (C=O) groups is 1. The van der Waals surface area contributed by atoms with Crippen LogP contribution >= 0.6 is 15.9 Å². The van der Waals surface area contributed by atoms with Gasteiger partial charge in [-0.3, -0.25) is 0 Å². The monoisotopic (exact) mass is 301 g/mol. The molecule has 0 aromatic carbocycles. The lowest BCUT2D eigenvalue weighted by atomic mass is 10.2. The van der Waals surface area contributed by atoms with Crippen molar-refractivity contribution >= 4 is 27.7 Å². The zero-order chi connectivity index (χ0) is 13.0. The Labute approximate surface area is 109 Å². The molecule has 1 N–H and O–H groups in total. The number of hydrogen-bond acceptors (Lipinski definition) is 4. The normalized spacial score (nSPS) is 10.6. The van der Waals surface area contributed by atoms with Crippen LogP contribution in [0, 0.1) is 0 Å². The molecule has 0 amide bonds. The Bertz CT molecular complexity index is 410. The molecular formula is C11H16BrN3O2. The van der Waals surface area contributed by atoms with Crippen molar-refractivity contribution in [3.8, 4) is 0 Å². The highest BCUT2D eigenvalue weighted by atomic mass is 79.9. The third-order valence-corrected chi connectivity index (χ3v) is 2.74. The average Bonchev–Trinajstić information content (AvgIpc) is 2.25. The first-order chi connectivity index (χ1) is 7.91. The van der Waals surface area contributed by atoms with E-state index in [9.17, 15) is 4.79 Å². The molecule has 0 unspecified atom stereocenters. The van der Waals surface area contributed by atoms with Gasteiger partial charge in [0.1, 0.15) is 11.4 Å².